The molecule has 208 valence electrons. The van der Waals surface area contributed by atoms with Crippen molar-refractivity contribution in [3.8, 4) is 0 Å². The van der Waals surface area contributed by atoms with Crippen molar-refractivity contribution >= 4 is 35.2 Å². The van der Waals surface area contributed by atoms with E-state index >= 15 is 0 Å². The van der Waals surface area contributed by atoms with Crippen LogP contribution in [-0.2, 0) is 25.7 Å². The smallest absolute Gasteiger partial charge is 0.408 e. The summed E-state index contributed by atoms with van der Waals surface area (Å²) in [5.41, 5.74) is -1.69. The molecule has 3 heterocycles. The maximum atomic E-state index is 13.6. The predicted octanol–water partition coefficient (Wildman–Crippen LogP) is 3.64. The van der Waals surface area contributed by atoms with E-state index in [0.717, 1.165) is 30.6 Å². The molecule has 38 heavy (non-hydrogen) atoms. The van der Waals surface area contributed by atoms with E-state index in [-0.39, 0.29) is 23.6 Å². The van der Waals surface area contributed by atoms with Gasteiger partial charge in [-0.1, -0.05) is 31.1 Å². The molecule has 10 heteroatoms. The van der Waals surface area contributed by atoms with Crippen LogP contribution in [0.1, 0.15) is 77.0 Å². The number of amides is 4. The molecule has 1 aliphatic carbocycles. The van der Waals surface area contributed by atoms with E-state index < -0.39 is 29.3 Å². The van der Waals surface area contributed by atoms with Crippen molar-refractivity contribution in [1.29, 1.82) is 0 Å². The largest absolute Gasteiger partial charge is 0.444 e. The van der Waals surface area contributed by atoms with Crippen LogP contribution < -0.4 is 16.0 Å². The van der Waals surface area contributed by atoms with Gasteiger partial charge in [-0.2, -0.15) is 0 Å². The maximum absolute atomic E-state index is 13.6. The first-order valence-corrected chi connectivity index (χ1v) is 14.6. The predicted molar refractivity (Wildman–Crippen MR) is 145 cm³/mol. The van der Waals surface area contributed by atoms with Gasteiger partial charge in [0, 0.05) is 17.3 Å². The van der Waals surface area contributed by atoms with Crippen LogP contribution in [-0.4, -0.2) is 58.5 Å². The van der Waals surface area contributed by atoms with Crippen molar-refractivity contribution in [2.24, 2.45) is 5.92 Å². The van der Waals surface area contributed by atoms with Gasteiger partial charge in [0.2, 0.25) is 17.7 Å². The molecule has 2 aliphatic heterocycles. The minimum Gasteiger partial charge on any atom is -0.444 e. The second kappa shape index (κ2) is 11.9. The van der Waals surface area contributed by atoms with Gasteiger partial charge >= 0.3 is 6.09 Å². The molecule has 0 spiro atoms. The average Bonchev–Trinajstić information content (AvgIpc) is 3.22. The van der Waals surface area contributed by atoms with Gasteiger partial charge in [-0.25, -0.2) is 4.79 Å². The van der Waals surface area contributed by atoms with E-state index in [2.05, 4.69) is 28.1 Å². The first kappa shape index (κ1) is 28.1. The van der Waals surface area contributed by atoms with Crippen LogP contribution in [0.15, 0.2) is 29.7 Å². The molecule has 1 saturated carbocycles. The molecule has 1 aromatic rings. The Morgan fingerprint density at radius 1 is 1.18 bits per heavy atom. The standard InChI is InChI=1S/C28H40N4O5S/c1-27(2,3)37-26(36)30-21-13-8-6-4-5-7-11-19-17-28(19,25(35)29-18-20-12-10-16-38-20)31-23(33)22-14-9-15-32(22)24(21)34/h7,10-12,16,19,21-22H,4-6,8-9,13-15,17-18H2,1-3H3,(H,29,35)(H,30,36)(H,31,33)/t19-,21+,22+,28-/m1/s1. The Morgan fingerprint density at radius 3 is 2.74 bits per heavy atom. The first-order chi connectivity index (χ1) is 18.1. The van der Waals surface area contributed by atoms with Crippen LogP contribution in [0.2, 0.25) is 0 Å². The minimum absolute atomic E-state index is 0.0768. The quantitative estimate of drug-likeness (QED) is 0.501. The van der Waals surface area contributed by atoms with Crippen LogP contribution in [0.25, 0.3) is 0 Å². The van der Waals surface area contributed by atoms with Gasteiger partial charge in [0.1, 0.15) is 23.2 Å². The lowest BCUT2D eigenvalue weighted by molar-refractivity contribution is -0.141. The number of thiophene rings is 1. The number of hydrogen-bond acceptors (Lipinski definition) is 6. The molecule has 1 aromatic heterocycles. The van der Waals surface area contributed by atoms with Crippen molar-refractivity contribution in [2.75, 3.05) is 6.54 Å². The maximum Gasteiger partial charge on any atom is 0.408 e. The molecule has 3 N–H and O–H groups in total. The summed E-state index contributed by atoms with van der Waals surface area (Å²) in [6, 6.07) is 2.46. The zero-order valence-corrected chi connectivity index (χ0v) is 23.4. The number of allylic oxidation sites excluding steroid dienone is 1. The highest BCUT2D eigenvalue weighted by Crippen LogP contribution is 2.45. The molecule has 4 amide bonds. The van der Waals surface area contributed by atoms with Gasteiger partial charge in [0.05, 0.1) is 6.54 Å². The van der Waals surface area contributed by atoms with E-state index in [4.69, 9.17) is 4.74 Å². The van der Waals surface area contributed by atoms with Crippen LogP contribution in [0.3, 0.4) is 0 Å². The number of rotatable bonds is 4. The molecule has 0 aromatic carbocycles. The van der Waals surface area contributed by atoms with Crippen LogP contribution >= 0.6 is 11.3 Å². The van der Waals surface area contributed by atoms with E-state index in [0.29, 0.717) is 38.8 Å². The Kier molecular flexibility index (Phi) is 8.80. The third-order valence-electron chi connectivity index (χ3n) is 7.33. The van der Waals surface area contributed by atoms with E-state index in [1.165, 1.54) is 0 Å². The Balaban J connectivity index is 1.51. The lowest BCUT2D eigenvalue weighted by Gasteiger charge is -2.30. The van der Waals surface area contributed by atoms with Crippen molar-refractivity contribution in [2.45, 2.75) is 102 Å². The Morgan fingerprint density at radius 2 is 2.00 bits per heavy atom. The number of alkyl carbamates (subject to hydrolysis) is 1. The summed E-state index contributed by atoms with van der Waals surface area (Å²) in [5, 5.41) is 10.8. The summed E-state index contributed by atoms with van der Waals surface area (Å²) >= 11 is 1.57. The van der Waals surface area contributed by atoms with Crippen LogP contribution in [0, 0.1) is 5.92 Å². The molecule has 4 rings (SSSR count). The number of ether oxygens (including phenoxy) is 1. The fourth-order valence-electron chi connectivity index (χ4n) is 5.28. The number of carbonyl (C=O) groups excluding carboxylic acids is 4. The Hall–Kier alpha value is -2.88. The number of hydrogen-bond donors (Lipinski definition) is 3. The summed E-state index contributed by atoms with van der Waals surface area (Å²) in [4.78, 5) is 55.7. The molecular weight excluding hydrogens is 504 g/mol. The number of nitrogens with one attached hydrogen (secondary N) is 3. The van der Waals surface area contributed by atoms with Crippen LogP contribution in [0.5, 0.6) is 0 Å². The number of fused-ring (bicyclic) bond motifs is 2. The third kappa shape index (κ3) is 6.95. The molecule has 2 fully saturated rings. The van der Waals surface area contributed by atoms with Gasteiger partial charge in [0.25, 0.3) is 0 Å². The minimum atomic E-state index is -1.00. The summed E-state index contributed by atoms with van der Waals surface area (Å²) in [6.07, 6.45) is 9.18. The summed E-state index contributed by atoms with van der Waals surface area (Å²) in [7, 11) is 0. The molecule has 0 bridgehead atoms. The van der Waals surface area contributed by atoms with Gasteiger partial charge in [-0.3, -0.25) is 14.4 Å². The highest BCUT2D eigenvalue weighted by atomic mass is 32.1. The first-order valence-electron chi connectivity index (χ1n) is 13.7. The summed E-state index contributed by atoms with van der Waals surface area (Å²) in [6.45, 7) is 6.17. The molecule has 0 unspecified atom stereocenters. The third-order valence-corrected chi connectivity index (χ3v) is 8.21. The monoisotopic (exact) mass is 544 g/mol. The SMILES string of the molecule is CC(C)(C)OC(=O)N[C@H]1CCCCCC=C[C@@H]2C[C@@]2(C(=O)NCc2cccs2)NC(=O)[C@@H]2CCCN2C1=O. The molecule has 4 atom stereocenters. The summed E-state index contributed by atoms with van der Waals surface area (Å²) < 4.78 is 5.40. The Labute approximate surface area is 228 Å². The van der Waals surface area contributed by atoms with E-state index in [1.54, 1.807) is 37.0 Å². The molecule has 1 saturated heterocycles. The van der Waals surface area contributed by atoms with Crippen molar-refractivity contribution in [1.82, 2.24) is 20.9 Å². The zero-order chi connectivity index (χ0) is 27.3. The molecule has 0 radical (unpaired) electrons. The van der Waals surface area contributed by atoms with Crippen molar-refractivity contribution < 1.29 is 23.9 Å². The lowest BCUT2D eigenvalue weighted by atomic mass is 10.0. The second-order valence-electron chi connectivity index (χ2n) is 11.5. The van der Waals surface area contributed by atoms with Crippen molar-refractivity contribution in [3.05, 3.63) is 34.5 Å². The van der Waals surface area contributed by atoms with Gasteiger partial charge in [-0.05, 0) is 70.7 Å². The highest BCUT2D eigenvalue weighted by Gasteiger charge is 2.60. The van der Waals surface area contributed by atoms with Gasteiger partial charge in [-0.15, -0.1) is 11.3 Å². The second-order valence-corrected chi connectivity index (χ2v) is 12.5. The lowest BCUT2D eigenvalue weighted by Crippen LogP contribution is -2.57. The highest BCUT2D eigenvalue weighted by molar-refractivity contribution is 7.09. The topological polar surface area (TPSA) is 117 Å². The van der Waals surface area contributed by atoms with E-state index in [1.807, 2.05) is 17.5 Å². The number of nitrogens with zero attached hydrogens (tertiary/aromatic N) is 1. The average molecular weight is 545 g/mol. The van der Waals surface area contributed by atoms with Gasteiger partial charge < -0.3 is 25.6 Å². The molecule has 3 aliphatic rings. The molecule has 9 nitrogen and oxygen atoms in total. The normalized spacial score (nSPS) is 28.3. The number of carbonyl (C=O) groups is 4. The summed E-state index contributed by atoms with van der Waals surface area (Å²) in [5.74, 6) is -0.862. The van der Waals surface area contributed by atoms with Gasteiger partial charge in [0.15, 0.2) is 0 Å². The Bertz CT molecular complexity index is 1050. The zero-order valence-electron chi connectivity index (χ0n) is 22.6. The van der Waals surface area contributed by atoms with Crippen LogP contribution in [0.4, 0.5) is 4.79 Å². The fraction of sp³-hybridized carbons (Fsp3) is 0.643. The molecular formula is C28H40N4O5S. The van der Waals surface area contributed by atoms with E-state index in [9.17, 15) is 19.2 Å². The fourth-order valence-corrected chi connectivity index (χ4v) is 5.93. The van der Waals surface area contributed by atoms with Crippen molar-refractivity contribution in [3.63, 3.8) is 0 Å².